The molecule has 1 aromatic heterocycles. The van der Waals surface area contributed by atoms with Gasteiger partial charge in [-0.1, -0.05) is 31.2 Å². The topological polar surface area (TPSA) is 59.8 Å². The summed E-state index contributed by atoms with van der Waals surface area (Å²) in [5.74, 6) is 0.577. The molecule has 2 atom stereocenters. The molecule has 7 heteroatoms. The Bertz CT molecular complexity index is 1010. The lowest BCUT2D eigenvalue weighted by atomic mass is 10.1. The highest BCUT2D eigenvalue weighted by atomic mass is 19.1. The number of hydrogen-bond acceptors (Lipinski definition) is 5. The minimum absolute atomic E-state index is 0.225. The van der Waals surface area contributed by atoms with Crippen LogP contribution in [-0.4, -0.2) is 51.7 Å². The summed E-state index contributed by atoms with van der Waals surface area (Å²) in [5.41, 5.74) is 2.56. The van der Waals surface area contributed by atoms with E-state index in [1.807, 2.05) is 44.2 Å². The number of aliphatic hydroxyl groups is 1. The fourth-order valence-corrected chi connectivity index (χ4v) is 3.65. The Morgan fingerprint density at radius 1 is 1.12 bits per heavy atom. The van der Waals surface area contributed by atoms with Gasteiger partial charge in [-0.3, -0.25) is 4.90 Å². The molecule has 0 aliphatic heterocycles. The van der Waals surface area contributed by atoms with E-state index in [1.54, 1.807) is 16.8 Å². The van der Waals surface area contributed by atoms with Crippen molar-refractivity contribution in [3.05, 3.63) is 71.7 Å². The highest BCUT2D eigenvalue weighted by molar-refractivity contribution is 5.43. The smallest absolute Gasteiger partial charge is 0.227 e. The Labute approximate surface area is 195 Å². The second kappa shape index (κ2) is 11.9. The molecule has 0 radical (unpaired) electrons. The van der Waals surface area contributed by atoms with Gasteiger partial charge >= 0.3 is 0 Å². The fraction of sp³-hybridized carbons (Fsp3) is 0.423. The van der Waals surface area contributed by atoms with Gasteiger partial charge in [0.2, 0.25) is 5.88 Å². The minimum atomic E-state index is -0.601. The summed E-state index contributed by atoms with van der Waals surface area (Å²) in [7, 11) is 0. The lowest BCUT2D eigenvalue weighted by Crippen LogP contribution is -2.40. The lowest BCUT2D eigenvalue weighted by Gasteiger charge is -2.30. The van der Waals surface area contributed by atoms with Crippen LogP contribution in [0.4, 0.5) is 4.39 Å². The van der Waals surface area contributed by atoms with Crippen LogP contribution in [-0.2, 0) is 11.3 Å². The number of aliphatic hydroxyl groups excluding tert-OH is 1. The third kappa shape index (κ3) is 6.63. The average molecular weight is 456 g/mol. The Morgan fingerprint density at radius 2 is 1.88 bits per heavy atom. The van der Waals surface area contributed by atoms with E-state index in [0.717, 1.165) is 23.4 Å². The van der Waals surface area contributed by atoms with E-state index in [0.29, 0.717) is 37.9 Å². The van der Waals surface area contributed by atoms with Gasteiger partial charge in [0.15, 0.2) is 0 Å². The molecular weight excluding hydrogens is 421 g/mol. The van der Waals surface area contributed by atoms with Crippen molar-refractivity contribution in [2.45, 2.75) is 52.8 Å². The molecule has 6 nitrogen and oxygen atoms in total. The average Bonchev–Trinajstić information content (AvgIpc) is 3.12. The van der Waals surface area contributed by atoms with Crippen LogP contribution in [0, 0.1) is 12.7 Å². The number of halogens is 1. The van der Waals surface area contributed by atoms with Gasteiger partial charge in [-0.15, -0.1) is 0 Å². The van der Waals surface area contributed by atoms with Gasteiger partial charge in [0.1, 0.15) is 11.6 Å². The van der Waals surface area contributed by atoms with E-state index in [9.17, 15) is 9.50 Å². The highest BCUT2D eigenvalue weighted by Gasteiger charge is 2.24. The first-order valence-corrected chi connectivity index (χ1v) is 11.5. The molecule has 0 spiro atoms. The zero-order chi connectivity index (χ0) is 23.8. The van der Waals surface area contributed by atoms with E-state index < -0.39 is 6.10 Å². The molecular formula is C26H34FN3O3. The summed E-state index contributed by atoms with van der Waals surface area (Å²) in [5, 5.41) is 15.3. The molecule has 2 unspecified atom stereocenters. The number of hydrogen-bond donors (Lipinski definition) is 1. The molecule has 33 heavy (non-hydrogen) atoms. The summed E-state index contributed by atoms with van der Waals surface area (Å²) in [4.78, 5) is 2.21. The summed E-state index contributed by atoms with van der Waals surface area (Å²) in [6.07, 6.45) is 0.323. The minimum Gasteiger partial charge on any atom is -0.438 e. The van der Waals surface area contributed by atoms with Crippen molar-refractivity contribution in [1.29, 1.82) is 0 Å². The molecule has 1 N–H and O–H groups in total. The summed E-state index contributed by atoms with van der Waals surface area (Å²) in [6, 6.07) is 16.0. The third-order valence-corrected chi connectivity index (χ3v) is 5.68. The van der Waals surface area contributed by atoms with Crippen LogP contribution < -0.4 is 4.74 Å². The first kappa shape index (κ1) is 24.9. The van der Waals surface area contributed by atoms with Crippen molar-refractivity contribution in [2.24, 2.45) is 0 Å². The molecule has 2 aromatic carbocycles. The first-order valence-electron chi connectivity index (χ1n) is 11.5. The van der Waals surface area contributed by atoms with Crippen molar-refractivity contribution in [2.75, 3.05) is 19.8 Å². The predicted octanol–water partition coefficient (Wildman–Crippen LogP) is 5.11. The maximum absolute atomic E-state index is 13.9. The van der Waals surface area contributed by atoms with E-state index in [-0.39, 0.29) is 11.9 Å². The van der Waals surface area contributed by atoms with Crippen molar-refractivity contribution < 1.29 is 19.0 Å². The Balaban J connectivity index is 1.99. The molecule has 1 heterocycles. The number of benzene rings is 2. The number of aromatic nitrogens is 2. The van der Waals surface area contributed by atoms with Gasteiger partial charge in [0.05, 0.1) is 29.7 Å². The van der Waals surface area contributed by atoms with Crippen molar-refractivity contribution in [1.82, 2.24) is 14.7 Å². The Hall–Kier alpha value is -2.74. The van der Waals surface area contributed by atoms with Crippen molar-refractivity contribution in [3.8, 4) is 17.3 Å². The van der Waals surface area contributed by atoms with Crippen LogP contribution in [0.2, 0.25) is 0 Å². The largest absolute Gasteiger partial charge is 0.438 e. The van der Waals surface area contributed by atoms with Gasteiger partial charge in [-0.05, 0) is 51.5 Å². The predicted molar refractivity (Wildman–Crippen MR) is 127 cm³/mol. The highest BCUT2D eigenvalue weighted by Crippen LogP contribution is 2.32. The second-order valence-electron chi connectivity index (χ2n) is 8.18. The number of nitrogens with zero attached hydrogens (tertiary/aromatic N) is 3. The number of rotatable bonds is 12. The van der Waals surface area contributed by atoms with Crippen LogP contribution >= 0.6 is 0 Å². The summed E-state index contributed by atoms with van der Waals surface area (Å²) >= 11 is 0. The van der Waals surface area contributed by atoms with Crippen LogP contribution in [0.3, 0.4) is 0 Å². The molecule has 0 saturated carbocycles. The van der Waals surface area contributed by atoms with Gasteiger partial charge in [0, 0.05) is 31.8 Å². The fourth-order valence-electron chi connectivity index (χ4n) is 3.65. The second-order valence-corrected chi connectivity index (χ2v) is 8.18. The van der Waals surface area contributed by atoms with Gasteiger partial charge in [-0.2, -0.15) is 5.10 Å². The molecule has 3 aromatic rings. The molecule has 0 fully saturated rings. The van der Waals surface area contributed by atoms with Crippen LogP contribution in [0.25, 0.3) is 5.69 Å². The Morgan fingerprint density at radius 3 is 2.55 bits per heavy atom. The zero-order valence-corrected chi connectivity index (χ0v) is 19.9. The van der Waals surface area contributed by atoms with E-state index in [1.165, 1.54) is 12.1 Å². The molecule has 0 saturated heterocycles. The maximum atomic E-state index is 13.9. The molecule has 3 rings (SSSR count). The SMILES string of the molecule is CCOCC(O)CN(Cc1c(C)nn(-c2ccccc2)c1Oc1cccc(F)c1)C(C)CC. The molecule has 178 valence electrons. The van der Waals surface area contributed by atoms with E-state index >= 15 is 0 Å². The van der Waals surface area contributed by atoms with Gasteiger partial charge in [0.25, 0.3) is 0 Å². The summed E-state index contributed by atoms with van der Waals surface area (Å²) < 4.78 is 27.2. The molecule has 0 amide bonds. The monoisotopic (exact) mass is 455 g/mol. The number of para-hydroxylation sites is 1. The molecule has 0 aliphatic carbocycles. The third-order valence-electron chi connectivity index (χ3n) is 5.68. The maximum Gasteiger partial charge on any atom is 0.227 e. The van der Waals surface area contributed by atoms with Crippen LogP contribution in [0.15, 0.2) is 54.6 Å². The number of aryl methyl sites for hydroxylation is 1. The standard InChI is InChI=1S/C26H34FN3O3/c1-5-19(3)29(16-23(31)18-32-6-2)17-25-20(4)28-30(22-12-8-7-9-13-22)26(25)33-24-14-10-11-21(27)15-24/h7-15,19,23,31H,5-6,16-18H2,1-4H3. The summed E-state index contributed by atoms with van der Waals surface area (Å²) in [6.45, 7) is 9.96. The van der Waals surface area contributed by atoms with Crippen LogP contribution in [0.1, 0.15) is 38.4 Å². The Kier molecular flexibility index (Phi) is 9.00. The van der Waals surface area contributed by atoms with Crippen molar-refractivity contribution in [3.63, 3.8) is 0 Å². The first-order chi connectivity index (χ1) is 15.9. The number of ether oxygens (including phenoxy) is 2. The quantitative estimate of drug-likeness (QED) is 0.411. The lowest BCUT2D eigenvalue weighted by molar-refractivity contribution is 0.0111. The normalized spacial score (nSPS) is 13.3. The van der Waals surface area contributed by atoms with Gasteiger partial charge < -0.3 is 14.6 Å². The van der Waals surface area contributed by atoms with Crippen molar-refractivity contribution >= 4 is 0 Å². The van der Waals surface area contributed by atoms with Gasteiger partial charge in [-0.25, -0.2) is 9.07 Å². The van der Waals surface area contributed by atoms with E-state index in [2.05, 4.69) is 18.7 Å². The zero-order valence-electron chi connectivity index (χ0n) is 19.9. The molecule has 0 bridgehead atoms. The molecule has 0 aliphatic rings. The van der Waals surface area contributed by atoms with E-state index in [4.69, 9.17) is 14.6 Å². The van der Waals surface area contributed by atoms with Crippen LogP contribution in [0.5, 0.6) is 11.6 Å².